The summed E-state index contributed by atoms with van der Waals surface area (Å²) in [5.41, 5.74) is 0.740. The van der Waals surface area contributed by atoms with Crippen LogP contribution in [-0.2, 0) is 4.79 Å². The second-order valence-electron chi connectivity index (χ2n) is 5.36. The molecule has 1 aliphatic rings. The van der Waals surface area contributed by atoms with Crippen LogP contribution < -0.4 is 0 Å². The molecule has 1 saturated heterocycles. The molecule has 7 nitrogen and oxygen atoms in total. The third-order valence-corrected chi connectivity index (χ3v) is 3.45. The number of likely N-dealkylation sites (tertiary alicyclic amines) is 1. The molecule has 0 aliphatic carbocycles. The SMILES string of the molecule is Cc1noc(C(C)C)c1C(=O)N1C[C@H](O)C[C@H]1C(=O)O. The van der Waals surface area contributed by atoms with E-state index in [1.807, 2.05) is 13.8 Å². The summed E-state index contributed by atoms with van der Waals surface area (Å²) in [6.07, 6.45) is -0.773. The largest absolute Gasteiger partial charge is 0.480 e. The first-order valence-corrected chi connectivity index (χ1v) is 6.51. The first kappa shape index (κ1) is 14.5. The molecule has 7 heteroatoms. The topological polar surface area (TPSA) is 104 Å². The molecule has 0 bridgehead atoms. The molecule has 0 aromatic carbocycles. The van der Waals surface area contributed by atoms with Gasteiger partial charge in [0.1, 0.15) is 11.6 Å². The lowest BCUT2D eigenvalue weighted by Crippen LogP contribution is -2.41. The van der Waals surface area contributed by atoms with E-state index in [0.29, 0.717) is 17.0 Å². The Labute approximate surface area is 116 Å². The summed E-state index contributed by atoms with van der Waals surface area (Å²) >= 11 is 0. The molecule has 2 heterocycles. The molecule has 0 spiro atoms. The Kier molecular flexibility index (Phi) is 3.80. The molecule has 0 saturated carbocycles. The first-order chi connectivity index (χ1) is 9.32. The number of aliphatic hydroxyl groups excluding tert-OH is 1. The minimum atomic E-state index is -1.12. The molecule has 1 fully saturated rings. The lowest BCUT2D eigenvalue weighted by molar-refractivity contribution is -0.141. The lowest BCUT2D eigenvalue weighted by atomic mass is 10.0. The zero-order valence-corrected chi connectivity index (χ0v) is 11.7. The number of aliphatic carboxylic acids is 1. The van der Waals surface area contributed by atoms with E-state index < -0.39 is 24.0 Å². The molecular weight excluding hydrogens is 264 g/mol. The van der Waals surface area contributed by atoms with E-state index in [1.165, 1.54) is 4.90 Å². The van der Waals surface area contributed by atoms with Gasteiger partial charge < -0.3 is 19.6 Å². The Morgan fingerprint density at radius 2 is 2.10 bits per heavy atom. The lowest BCUT2D eigenvalue weighted by Gasteiger charge is -2.21. The van der Waals surface area contributed by atoms with Crippen LogP contribution >= 0.6 is 0 Å². The van der Waals surface area contributed by atoms with Gasteiger partial charge in [0.05, 0.1) is 11.8 Å². The Balaban J connectivity index is 2.36. The smallest absolute Gasteiger partial charge is 0.326 e. The summed E-state index contributed by atoms with van der Waals surface area (Å²) in [6.45, 7) is 5.39. The number of rotatable bonds is 3. The Morgan fingerprint density at radius 3 is 2.65 bits per heavy atom. The van der Waals surface area contributed by atoms with Crippen LogP contribution in [0.25, 0.3) is 0 Å². The minimum absolute atomic E-state index is 0.0119. The number of carboxylic acids is 1. The summed E-state index contributed by atoms with van der Waals surface area (Å²) < 4.78 is 5.15. The van der Waals surface area contributed by atoms with Crippen molar-refractivity contribution < 1.29 is 24.3 Å². The quantitative estimate of drug-likeness (QED) is 0.848. The normalized spacial score (nSPS) is 22.6. The van der Waals surface area contributed by atoms with Crippen LogP contribution in [0.3, 0.4) is 0 Å². The molecule has 2 rings (SSSR count). The Bertz CT molecular complexity index is 537. The monoisotopic (exact) mass is 282 g/mol. The second kappa shape index (κ2) is 5.24. The number of aliphatic hydroxyl groups is 1. The predicted octanol–water partition coefficient (Wildman–Crippen LogP) is 0.766. The number of amides is 1. The van der Waals surface area contributed by atoms with E-state index in [0.717, 1.165) is 0 Å². The molecule has 2 atom stereocenters. The molecule has 110 valence electrons. The molecule has 1 aromatic rings. The van der Waals surface area contributed by atoms with Crippen molar-refractivity contribution in [3.05, 3.63) is 17.0 Å². The Hall–Kier alpha value is -1.89. The molecule has 1 aromatic heterocycles. The van der Waals surface area contributed by atoms with E-state index in [2.05, 4.69) is 5.16 Å². The number of aryl methyl sites for hydroxylation is 1. The number of β-amino-alcohol motifs (C(OH)–C–C–N with tert-alkyl or cyclic N) is 1. The van der Waals surface area contributed by atoms with Gasteiger partial charge >= 0.3 is 5.97 Å². The summed E-state index contributed by atoms with van der Waals surface area (Å²) in [4.78, 5) is 24.9. The van der Waals surface area contributed by atoms with Crippen molar-refractivity contribution in [3.8, 4) is 0 Å². The number of carbonyl (C=O) groups excluding carboxylic acids is 1. The highest BCUT2D eigenvalue weighted by molar-refractivity contribution is 5.98. The average molecular weight is 282 g/mol. The van der Waals surface area contributed by atoms with Crippen LogP contribution in [-0.4, -0.2) is 50.8 Å². The maximum Gasteiger partial charge on any atom is 0.326 e. The minimum Gasteiger partial charge on any atom is -0.480 e. The van der Waals surface area contributed by atoms with Crippen molar-refractivity contribution in [2.24, 2.45) is 0 Å². The fourth-order valence-electron chi connectivity index (χ4n) is 2.46. The van der Waals surface area contributed by atoms with Crippen LogP contribution in [0.5, 0.6) is 0 Å². The van der Waals surface area contributed by atoms with Crippen molar-refractivity contribution in [3.63, 3.8) is 0 Å². The average Bonchev–Trinajstić information content (AvgIpc) is 2.91. The van der Waals surface area contributed by atoms with Crippen LogP contribution in [0.15, 0.2) is 4.52 Å². The third kappa shape index (κ3) is 2.40. The molecule has 0 unspecified atom stereocenters. The van der Waals surface area contributed by atoms with Crippen molar-refractivity contribution >= 4 is 11.9 Å². The standard InChI is InChI=1S/C13H18N2O5/c1-6(2)11-10(7(3)14-20-11)12(17)15-5-8(16)4-9(15)13(18)19/h6,8-9,16H,4-5H2,1-3H3,(H,18,19)/t8-,9+/m1/s1. The molecule has 0 radical (unpaired) electrons. The molecule has 2 N–H and O–H groups in total. The maximum absolute atomic E-state index is 12.6. The number of hydrogen-bond donors (Lipinski definition) is 2. The zero-order valence-electron chi connectivity index (χ0n) is 11.7. The fraction of sp³-hybridized carbons (Fsp3) is 0.615. The van der Waals surface area contributed by atoms with Gasteiger partial charge in [0.15, 0.2) is 5.76 Å². The number of carbonyl (C=O) groups is 2. The number of carboxylic acid groups (broad SMARTS) is 1. The van der Waals surface area contributed by atoms with E-state index >= 15 is 0 Å². The highest BCUT2D eigenvalue weighted by atomic mass is 16.5. The van der Waals surface area contributed by atoms with Crippen LogP contribution in [0.2, 0.25) is 0 Å². The summed E-state index contributed by atoms with van der Waals surface area (Å²) in [6, 6.07) is -1.01. The highest BCUT2D eigenvalue weighted by Gasteiger charge is 2.41. The van der Waals surface area contributed by atoms with E-state index in [9.17, 15) is 14.7 Å². The van der Waals surface area contributed by atoms with Crippen molar-refractivity contribution in [2.45, 2.75) is 45.3 Å². The molecule has 1 amide bonds. The van der Waals surface area contributed by atoms with Gasteiger partial charge in [-0.25, -0.2) is 4.79 Å². The summed E-state index contributed by atoms with van der Waals surface area (Å²) in [7, 11) is 0. The van der Waals surface area contributed by atoms with E-state index in [1.54, 1.807) is 6.92 Å². The molecule has 1 aliphatic heterocycles. The Morgan fingerprint density at radius 1 is 1.45 bits per heavy atom. The molecule has 20 heavy (non-hydrogen) atoms. The summed E-state index contributed by atoms with van der Waals surface area (Å²) in [5.74, 6) is -1.16. The molecular formula is C13H18N2O5. The number of hydrogen-bond acceptors (Lipinski definition) is 5. The van der Waals surface area contributed by atoms with E-state index in [-0.39, 0.29) is 18.9 Å². The van der Waals surface area contributed by atoms with Crippen LogP contribution in [0.1, 0.15) is 48.0 Å². The number of nitrogens with zero attached hydrogens (tertiary/aromatic N) is 2. The van der Waals surface area contributed by atoms with Gasteiger partial charge in [0.2, 0.25) is 0 Å². The predicted molar refractivity (Wildman–Crippen MR) is 68.4 cm³/mol. The first-order valence-electron chi connectivity index (χ1n) is 6.51. The summed E-state index contributed by atoms with van der Waals surface area (Å²) in [5, 5.41) is 22.6. The van der Waals surface area contributed by atoms with Crippen LogP contribution in [0.4, 0.5) is 0 Å². The fourth-order valence-corrected chi connectivity index (χ4v) is 2.46. The second-order valence-corrected chi connectivity index (χ2v) is 5.36. The third-order valence-electron chi connectivity index (χ3n) is 3.45. The number of aromatic nitrogens is 1. The zero-order chi connectivity index (χ0) is 15.0. The maximum atomic E-state index is 12.6. The van der Waals surface area contributed by atoms with E-state index in [4.69, 9.17) is 9.63 Å². The van der Waals surface area contributed by atoms with Gasteiger partial charge in [-0.2, -0.15) is 0 Å². The van der Waals surface area contributed by atoms with Crippen LogP contribution in [0, 0.1) is 6.92 Å². The van der Waals surface area contributed by atoms with Gasteiger partial charge in [0.25, 0.3) is 5.91 Å². The van der Waals surface area contributed by atoms with Crippen molar-refractivity contribution in [1.82, 2.24) is 10.1 Å². The van der Waals surface area contributed by atoms with Gasteiger partial charge in [-0.15, -0.1) is 0 Å². The van der Waals surface area contributed by atoms with Gasteiger partial charge in [-0.05, 0) is 6.92 Å². The van der Waals surface area contributed by atoms with Crippen molar-refractivity contribution in [2.75, 3.05) is 6.54 Å². The van der Waals surface area contributed by atoms with Gasteiger partial charge in [-0.3, -0.25) is 4.79 Å². The highest BCUT2D eigenvalue weighted by Crippen LogP contribution is 2.27. The van der Waals surface area contributed by atoms with Gasteiger partial charge in [-0.1, -0.05) is 19.0 Å². The van der Waals surface area contributed by atoms with Crippen molar-refractivity contribution in [1.29, 1.82) is 0 Å². The van der Waals surface area contributed by atoms with Gasteiger partial charge in [0, 0.05) is 18.9 Å².